The van der Waals surface area contributed by atoms with Crippen molar-refractivity contribution in [3.05, 3.63) is 21.9 Å². The number of anilines is 1. The largest absolute Gasteiger partial charge is 0.481 e. The van der Waals surface area contributed by atoms with Crippen molar-refractivity contribution >= 4 is 27.6 Å². The molecule has 82 valence electrons. The monoisotopic (exact) mass is 280 g/mol. The average Bonchev–Trinajstić information content (AvgIpc) is 2.11. The van der Waals surface area contributed by atoms with Gasteiger partial charge in [0.05, 0.1) is 12.1 Å². The number of hydrogen-bond donors (Lipinski definition) is 2. The van der Waals surface area contributed by atoms with Gasteiger partial charge in [0.1, 0.15) is 5.69 Å². The number of nitrogen functional groups attached to an aromatic ring is 1. The van der Waals surface area contributed by atoms with E-state index in [1.54, 1.807) is 0 Å². The van der Waals surface area contributed by atoms with E-state index in [1.165, 1.54) is 0 Å². The number of pyridine rings is 1. The molecule has 4 nitrogen and oxygen atoms in total. The first kappa shape index (κ1) is 11.8. The quantitative estimate of drug-likeness (QED) is 0.888. The fourth-order valence-electron chi connectivity index (χ4n) is 1.06. The molecule has 1 heterocycles. The summed E-state index contributed by atoms with van der Waals surface area (Å²) in [4.78, 5) is 13.9. The maximum atomic E-state index is 12.4. The first-order valence-electron chi connectivity index (χ1n) is 3.86. The van der Waals surface area contributed by atoms with Crippen LogP contribution in [0.25, 0.3) is 0 Å². The first-order chi connectivity index (χ1) is 6.93. The summed E-state index contributed by atoms with van der Waals surface area (Å²) in [6.07, 6.45) is -2.12. The maximum Gasteiger partial charge on any atom is 0.307 e. The van der Waals surface area contributed by atoms with E-state index in [0.717, 1.165) is 6.20 Å². The molecule has 1 aromatic rings. The van der Waals surface area contributed by atoms with Crippen LogP contribution in [0.15, 0.2) is 10.7 Å². The summed E-state index contributed by atoms with van der Waals surface area (Å²) in [5, 5.41) is 8.56. The summed E-state index contributed by atoms with van der Waals surface area (Å²) in [5.41, 5.74) is 4.65. The highest BCUT2D eigenvalue weighted by atomic mass is 79.9. The van der Waals surface area contributed by atoms with Gasteiger partial charge in [-0.3, -0.25) is 9.78 Å². The van der Waals surface area contributed by atoms with Gasteiger partial charge < -0.3 is 10.8 Å². The molecule has 0 bridgehead atoms. The number of carboxylic acids is 1. The Morgan fingerprint density at radius 1 is 1.67 bits per heavy atom. The highest BCUT2D eigenvalue weighted by Gasteiger charge is 2.19. The molecule has 0 fully saturated rings. The van der Waals surface area contributed by atoms with E-state index < -0.39 is 24.5 Å². The molecule has 0 atom stereocenters. The number of nitrogens with two attached hydrogens (primary N) is 1. The summed E-state index contributed by atoms with van der Waals surface area (Å²) in [6.45, 7) is 0. The molecule has 0 aromatic carbocycles. The molecule has 0 aliphatic carbocycles. The van der Waals surface area contributed by atoms with Crippen LogP contribution in [0.5, 0.6) is 0 Å². The third kappa shape index (κ3) is 2.62. The number of rotatable bonds is 3. The van der Waals surface area contributed by atoms with Gasteiger partial charge in [-0.25, -0.2) is 8.78 Å². The number of carbonyl (C=O) groups is 1. The van der Waals surface area contributed by atoms with E-state index in [0.29, 0.717) is 4.47 Å². The van der Waals surface area contributed by atoms with Crippen molar-refractivity contribution in [1.82, 2.24) is 4.98 Å². The van der Waals surface area contributed by atoms with Crippen molar-refractivity contribution < 1.29 is 18.7 Å². The van der Waals surface area contributed by atoms with Gasteiger partial charge in [0.2, 0.25) is 0 Å². The lowest BCUT2D eigenvalue weighted by molar-refractivity contribution is -0.136. The van der Waals surface area contributed by atoms with Gasteiger partial charge in [0, 0.05) is 16.2 Å². The van der Waals surface area contributed by atoms with E-state index >= 15 is 0 Å². The van der Waals surface area contributed by atoms with Gasteiger partial charge >= 0.3 is 5.97 Å². The van der Waals surface area contributed by atoms with Crippen LogP contribution in [0.4, 0.5) is 14.5 Å². The highest BCUT2D eigenvalue weighted by Crippen LogP contribution is 2.30. The second-order valence-corrected chi connectivity index (χ2v) is 3.61. The lowest BCUT2D eigenvalue weighted by atomic mass is 10.1. The summed E-state index contributed by atoms with van der Waals surface area (Å²) in [7, 11) is 0. The summed E-state index contributed by atoms with van der Waals surface area (Å²) < 4.78 is 25.1. The van der Waals surface area contributed by atoms with Crippen molar-refractivity contribution in [2.75, 3.05) is 5.73 Å². The number of aliphatic carboxylic acids is 1. The molecule has 0 saturated carbocycles. The van der Waals surface area contributed by atoms with E-state index in [4.69, 9.17) is 10.8 Å². The zero-order valence-electron chi connectivity index (χ0n) is 7.38. The summed E-state index contributed by atoms with van der Waals surface area (Å²) >= 11 is 3.01. The Balaban J connectivity index is 3.23. The fourth-order valence-corrected chi connectivity index (χ4v) is 1.52. The first-order valence-corrected chi connectivity index (χ1v) is 4.65. The van der Waals surface area contributed by atoms with Crippen LogP contribution < -0.4 is 5.73 Å². The van der Waals surface area contributed by atoms with Crippen LogP contribution in [0.3, 0.4) is 0 Å². The zero-order valence-corrected chi connectivity index (χ0v) is 8.96. The zero-order chi connectivity index (χ0) is 11.6. The van der Waals surface area contributed by atoms with Gasteiger partial charge in [-0.05, 0) is 15.9 Å². The van der Waals surface area contributed by atoms with E-state index in [1.807, 2.05) is 0 Å². The molecule has 0 aliphatic rings. The predicted octanol–water partition coefficient (Wildman–Crippen LogP) is 1.99. The summed E-state index contributed by atoms with van der Waals surface area (Å²) in [6, 6.07) is 0. The molecule has 15 heavy (non-hydrogen) atoms. The molecular weight excluding hydrogens is 274 g/mol. The van der Waals surface area contributed by atoms with Crippen LogP contribution in [-0.2, 0) is 11.2 Å². The Morgan fingerprint density at radius 2 is 2.27 bits per heavy atom. The molecule has 0 unspecified atom stereocenters. The molecule has 0 spiro atoms. The lowest BCUT2D eigenvalue weighted by Crippen LogP contribution is -2.08. The van der Waals surface area contributed by atoms with Crippen LogP contribution in [0.1, 0.15) is 17.7 Å². The molecule has 0 aliphatic heterocycles. The van der Waals surface area contributed by atoms with Crippen LogP contribution in [0.2, 0.25) is 0 Å². The molecule has 0 radical (unpaired) electrons. The second kappa shape index (κ2) is 4.52. The number of halogens is 3. The molecule has 1 aromatic heterocycles. The minimum atomic E-state index is -2.81. The smallest absolute Gasteiger partial charge is 0.307 e. The number of aromatic nitrogens is 1. The third-order valence-electron chi connectivity index (χ3n) is 1.74. The summed E-state index contributed by atoms with van der Waals surface area (Å²) in [5.74, 6) is -1.14. The Hall–Kier alpha value is -1.24. The normalized spacial score (nSPS) is 10.7. The van der Waals surface area contributed by atoms with Gasteiger partial charge in [-0.15, -0.1) is 0 Å². The van der Waals surface area contributed by atoms with Crippen molar-refractivity contribution in [3.63, 3.8) is 0 Å². The van der Waals surface area contributed by atoms with Gasteiger partial charge in [-0.1, -0.05) is 0 Å². The molecule has 0 saturated heterocycles. The van der Waals surface area contributed by atoms with Gasteiger partial charge in [0.25, 0.3) is 6.43 Å². The minimum absolute atomic E-state index is 0.118. The highest BCUT2D eigenvalue weighted by molar-refractivity contribution is 9.10. The number of alkyl halides is 2. The minimum Gasteiger partial charge on any atom is -0.481 e. The number of hydrogen-bond acceptors (Lipinski definition) is 3. The number of nitrogens with zero attached hydrogens (tertiary/aromatic N) is 1. The maximum absolute atomic E-state index is 12.4. The van der Waals surface area contributed by atoms with Crippen molar-refractivity contribution in [2.24, 2.45) is 0 Å². The SMILES string of the molecule is Nc1c(C(F)F)ncc(Br)c1CC(=O)O. The van der Waals surface area contributed by atoms with E-state index in [-0.39, 0.29) is 11.3 Å². The molecular formula is C8H7BrF2N2O2. The molecule has 0 amide bonds. The standard InChI is InChI=1S/C8H7BrF2N2O2/c9-4-2-13-7(8(10)11)6(12)3(4)1-5(14)15/h2,8H,1,12H2,(H,14,15). The van der Waals surface area contributed by atoms with Crippen molar-refractivity contribution in [3.8, 4) is 0 Å². The Kier molecular flexibility index (Phi) is 3.57. The predicted molar refractivity (Wildman–Crippen MR) is 52.6 cm³/mol. The van der Waals surface area contributed by atoms with E-state index in [9.17, 15) is 13.6 Å². The third-order valence-corrected chi connectivity index (χ3v) is 2.42. The lowest BCUT2D eigenvalue weighted by Gasteiger charge is -2.09. The van der Waals surface area contributed by atoms with Crippen molar-refractivity contribution in [2.45, 2.75) is 12.8 Å². The van der Waals surface area contributed by atoms with Gasteiger partial charge in [0.15, 0.2) is 0 Å². The molecule has 1 rings (SSSR count). The topological polar surface area (TPSA) is 76.2 Å². The van der Waals surface area contributed by atoms with Gasteiger partial charge in [-0.2, -0.15) is 0 Å². The van der Waals surface area contributed by atoms with Crippen LogP contribution in [-0.4, -0.2) is 16.1 Å². The Bertz CT molecular complexity index is 398. The Labute approximate surface area is 92.2 Å². The average molecular weight is 281 g/mol. The van der Waals surface area contributed by atoms with Crippen LogP contribution in [0, 0.1) is 0 Å². The number of carboxylic acid groups (broad SMARTS) is 1. The van der Waals surface area contributed by atoms with E-state index in [2.05, 4.69) is 20.9 Å². The van der Waals surface area contributed by atoms with Crippen molar-refractivity contribution in [1.29, 1.82) is 0 Å². The molecule has 3 N–H and O–H groups in total. The van der Waals surface area contributed by atoms with Crippen LogP contribution >= 0.6 is 15.9 Å². The fraction of sp³-hybridized carbons (Fsp3) is 0.250. The molecule has 7 heteroatoms. The Morgan fingerprint density at radius 3 is 2.73 bits per heavy atom. The second-order valence-electron chi connectivity index (χ2n) is 2.75.